The first kappa shape index (κ1) is 12.8. The number of anilines is 1. The zero-order valence-electron chi connectivity index (χ0n) is 11.7. The second-order valence-electron chi connectivity index (χ2n) is 5.57. The minimum Gasteiger partial charge on any atom is -0.366 e. The molecule has 2 aromatic heterocycles. The van der Waals surface area contributed by atoms with Crippen molar-refractivity contribution in [1.29, 1.82) is 0 Å². The van der Waals surface area contributed by atoms with E-state index in [1.54, 1.807) is 17.7 Å². The number of hydrogen-bond donors (Lipinski definition) is 1. The molecule has 3 nitrogen and oxygen atoms in total. The molecule has 1 N–H and O–H groups in total. The molecule has 0 bridgehead atoms. The van der Waals surface area contributed by atoms with Crippen LogP contribution in [-0.4, -0.2) is 16.0 Å². The number of nitrogens with zero attached hydrogens (tertiary/aromatic N) is 2. The van der Waals surface area contributed by atoms with Crippen LogP contribution in [0.25, 0.3) is 10.2 Å². The molecule has 0 unspecified atom stereocenters. The molecule has 1 aliphatic rings. The van der Waals surface area contributed by atoms with Gasteiger partial charge in [-0.15, -0.1) is 11.3 Å². The van der Waals surface area contributed by atoms with Gasteiger partial charge in [-0.3, -0.25) is 0 Å². The smallest absolute Gasteiger partial charge is 0.147 e. The standard InChI is InChI=1S/C17H17N3S/c1-2-4-12(5-3-1)6-7-13-10-21-16-15(13)18-11-19-17(16)20-14-8-9-14/h1-5,10-11,14H,6-9H2,(H,18,19,20). The van der Waals surface area contributed by atoms with Crippen molar-refractivity contribution < 1.29 is 0 Å². The lowest BCUT2D eigenvalue weighted by Gasteiger charge is -2.04. The number of thiophene rings is 1. The van der Waals surface area contributed by atoms with E-state index in [0.717, 1.165) is 24.2 Å². The number of rotatable bonds is 5. The maximum absolute atomic E-state index is 4.50. The molecule has 0 atom stereocenters. The van der Waals surface area contributed by atoms with Gasteiger partial charge >= 0.3 is 0 Å². The summed E-state index contributed by atoms with van der Waals surface area (Å²) < 4.78 is 1.20. The lowest BCUT2D eigenvalue weighted by molar-refractivity contribution is 0.968. The summed E-state index contributed by atoms with van der Waals surface area (Å²) in [7, 11) is 0. The van der Waals surface area contributed by atoms with Gasteiger partial charge in [0.05, 0.1) is 10.2 Å². The van der Waals surface area contributed by atoms with Crippen molar-refractivity contribution in [1.82, 2.24) is 9.97 Å². The molecular weight excluding hydrogens is 278 g/mol. The second-order valence-corrected chi connectivity index (χ2v) is 6.44. The molecule has 2 heterocycles. The average molecular weight is 295 g/mol. The Morgan fingerprint density at radius 3 is 2.76 bits per heavy atom. The van der Waals surface area contributed by atoms with Gasteiger partial charge in [0.15, 0.2) is 0 Å². The van der Waals surface area contributed by atoms with E-state index < -0.39 is 0 Å². The van der Waals surface area contributed by atoms with Crippen LogP contribution in [-0.2, 0) is 12.8 Å². The van der Waals surface area contributed by atoms with E-state index in [1.165, 1.54) is 28.7 Å². The predicted molar refractivity (Wildman–Crippen MR) is 87.9 cm³/mol. The highest BCUT2D eigenvalue weighted by atomic mass is 32.1. The summed E-state index contributed by atoms with van der Waals surface area (Å²) in [6, 6.07) is 11.2. The Balaban J connectivity index is 1.58. The molecule has 0 amide bonds. The Morgan fingerprint density at radius 2 is 1.95 bits per heavy atom. The maximum atomic E-state index is 4.50. The van der Waals surface area contributed by atoms with Crippen LogP contribution in [0.4, 0.5) is 5.82 Å². The minimum atomic E-state index is 0.623. The zero-order valence-corrected chi connectivity index (χ0v) is 12.6. The molecule has 1 fully saturated rings. The Morgan fingerprint density at radius 1 is 1.10 bits per heavy atom. The van der Waals surface area contributed by atoms with E-state index in [-0.39, 0.29) is 0 Å². The molecule has 21 heavy (non-hydrogen) atoms. The summed E-state index contributed by atoms with van der Waals surface area (Å²) >= 11 is 1.76. The fourth-order valence-electron chi connectivity index (χ4n) is 2.52. The highest BCUT2D eigenvalue weighted by molar-refractivity contribution is 7.18. The molecule has 1 saturated carbocycles. The van der Waals surface area contributed by atoms with Crippen molar-refractivity contribution in [3.05, 3.63) is 53.2 Å². The third kappa shape index (κ3) is 2.76. The fraction of sp³-hybridized carbons (Fsp3) is 0.294. The van der Waals surface area contributed by atoms with Crippen LogP contribution in [0, 0.1) is 0 Å². The molecule has 4 rings (SSSR count). The number of aromatic nitrogens is 2. The maximum Gasteiger partial charge on any atom is 0.147 e. The van der Waals surface area contributed by atoms with Crippen LogP contribution in [0.1, 0.15) is 24.0 Å². The van der Waals surface area contributed by atoms with Gasteiger partial charge in [-0.25, -0.2) is 9.97 Å². The van der Waals surface area contributed by atoms with Crippen LogP contribution in [0.5, 0.6) is 0 Å². The lowest BCUT2D eigenvalue weighted by atomic mass is 10.1. The second kappa shape index (κ2) is 5.45. The van der Waals surface area contributed by atoms with E-state index >= 15 is 0 Å². The first-order valence-corrected chi connectivity index (χ1v) is 8.29. The van der Waals surface area contributed by atoms with Gasteiger partial charge in [0.25, 0.3) is 0 Å². The third-order valence-electron chi connectivity index (χ3n) is 3.87. The first-order valence-electron chi connectivity index (χ1n) is 7.42. The Bertz CT molecular complexity index is 747. The number of aryl methyl sites for hydroxylation is 2. The topological polar surface area (TPSA) is 37.8 Å². The molecule has 1 aromatic carbocycles. The normalized spacial score (nSPS) is 14.5. The predicted octanol–water partition coefficient (Wildman–Crippen LogP) is 4.05. The number of benzene rings is 1. The summed E-state index contributed by atoms with van der Waals surface area (Å²) in [6.45, 7) is 0. The molecule has 106 valence electrons. The van der Waals surface area contributed by atoms with Gasteiger partial charge in [-0.2, -0.15) is 0 Å². The summed E-state index contributed by atoms with van der Waals surface area (Å²) in [4.78, 5) is 8.91. The largest absolute Gasteiger partial charge is 0.366 e. The molecule has 0 saturated heterocycles. The quantitative estimate of drug-likeness (QED) is 0.771. The van der Waals surface area contributed by atoms with Crippen LogP contribution >= 0.6 is 11.3 Å². The van der Waals surface area contributed by atoms with Crippen LogP contribution in [0.15, 0.2) is 42.0 Å². The molecule has 0 aliphatic heterocycles. The van der Waals surface area contributed by atoms with E-state index in [2.05, 4.69) is 51.0 Å². The monoisotopic (exact) mass is 295 g/mol. The SMILES string of the molecule is c1ccc(CCc2csc3c(NC4CC4)ncnc23)cc1. The molecule has 0 spiro atoms. The summed E-state index contributed by atoms with van der Waals surface area (Å²) in [5, 5.41) is 5.74. The van der Waals surface area contributed by atoms with Crippen molar-refractivity contribution >= 4 is 27.4 Å². The Hall–Kier alpha value is -1.94. The Kier molecular flexibility index (Phi) is 3.31. The van der Waals surface area contributed by atoms with Gasteiger partial charge in [0, 0.05) is 6.04 Å². The first-order chi connectivity index (χ1) is 10.4. The number of hydrogen-bond acceptors (Lipinski definition) is 4. The van der Waals surface area contributed by atoms with Crippen LogP contribution in [0.3, 0.4) is 0 Å². The van der Waals surface area contributed by atoms with Gasteiger partial charge in [0.2, 0.25) is 0 Å². The van der Waals surface area contributed by atoms with E-state index in [1.807, 2.05) is 0 Å². The fourth-order valence-corrected chi connectivity index (χ4v) is 3.53. The van der Waals surface area contributed by atoms with E-state index in [9.17, 15) is 0 Å². The molecule has 0 radical (unpaired) electrons. The van der Waals surface area contributed by atoms with Crippen molar-refractivity contribution in [2.24, 2.45) is 0 Å². The van der Waals surface area contributed by atoms with E-state index in [4.69, 9.17) is 0 Å². The summed E-state index contributed by atoms with van der Waals surface area (Å²) in [5.41, 5.74) is 3.83. The lowest BCUT2D eigenvalue weighted by Crippen LogP contribution is -2.03. The summed E-state index contributed by atoms with van der Waals surface area (Å²) in [6.07, 6.45) is 6.30. The van der Waals surface area contributed by atoms with Gasteiger partial charge in [0.1, 0.15) is 12.1 Å². The number of nitrogens with one attached hydrogen (secondary N) is 1. The number of fused-ring (bicyclic) bond motifs is 1. The van der Waals surface area contributed by atoms with Crippen molar-refractivity contribution in [2.75, 3.05) is 5.32 Å². The third-order valence-corrected chi connectivity index (χ3v) is 4.90. The molecule has 3 aromatic rings. The van der Waals surface area contributed by atoms with Crippen molar-refractivity contribution in [3.8, 4) is 0 Å². The van der Waals surface area contributed by atoms with Gasteiger partial charge in [-0.1, -0.05) is 30.3 Å². The van der Waals surface area contributed by atoms with Gasteiger partial charge < -0.3 is 5.32 Å². The molecule has 1 aliphatic carbocycles. The van der Waals surface area contributed by atoms with E-state index in [0.29, 0.717) is 6.04 Å². The van der Waals surface area contributed by atoms with Crippen LogP contribution < -0.4 is 5.32 Å². The minimum absolute atomic E-state index is 0.623. The Labute approximate surface area is 128 Å². The van der Waals surface area contributed by atoms with Crippen molar-refractivity contribution in [3.63, 3.8) is 0 Å². The average Bonchev–Trinajstić information content (AvgIpc) is 3.24. The molecule has 4 heteroatoms. The van der Waals surface area contributed by atoms with Crippen molar-refractivity contribution in [2.45, 2.75) is 31.7 Å². The van der Waals surface area contributed by atoms with Crippen LogP contribution in [0.2, 0.25) is 0 Å². The zero-order chi connectivity index (χ0) is 14.1. The summed E-state index contributed by atoms with van der Waals surface area (Å²) in [5.74, 6) is 1.01. The molecular formula is C17H17N3S. The highest BCUT2D eigenvalue weighted by Crippen LogP contribution is 2.33. The highest BCUT2D eigenvalue weighted by Gasteiger charge is 2.23. The van der Waals surface area contributed by atoms with Gasteiger partial charge in [-0.05, 0) is 42.2 Å².